The zero-order valence-electron chi connectivity index (χ0n) is 11.5. The average Bonchev–Trinajstić information content (AvgIpc) is 2.23. The van der Waals surface area contributed by atoms with Gasteiger partial charge in [-0.25, -0.2) is 0 Å². The second-order valence-electron chi connectivity index (χ2n) is 5.26. The molecule has 0 N–H and O–H groups in total. The molecule has 1 fully saturated rings. The molecule has 96 valence electrons. The van der Waals surface area contributed by atoms with Gasteiger partial charge in [-0.2, -0.15) is 11.8 Å². The van der Waals surface area contributed by atoms with Crippen LogP contribution in [0.3, 0.4) is 0 Å². The van der Waals surface area contributed by atoms with Crippen LogP contribution in [-0.4, -0.2) is 59.6 Å². The zero-order chi connectivity index (χ0) is 12.0. The van der Waals surface area contributed by atoms with Crippen LogP contribution in [0.5, 0.6) is 0 Å². The Morgan fingerprint density at radius 2 is 1.94 bits per heavy atom. The van der Waals surface area contributed by atoms with Crippen molar-refractivity contribution in [3.63, 3.8) is 0 Å². The average molecular weight is 244 g/mol. The molecule has 0 aromatic heterocycles. The van der Waals surface area contributed by atoms with E-state index >= 15 is 0 Å². The van der Waals surface area contributed by atoms with Crippen molar-refractivity contribution < 1.29 is 0 Å². The van der Waals surface area contributed by atoms with Crippen LogP contribution in [0.1, 0.15) is 34.1 Å². The van der Waals surface area contributed by atoms with Gasteiger partial charge in [0.2, 0.25) is 0 Å². The molecule has 0 radical (unpaired) electrons. The van der Waals surface area contributed by atoms with Crippen molar-refractivity contribution in [2.45, 2.75) is 38.9 Å². The molecule has 0 amide bonds. The maximum absolute atomic E-state index is 2.64. The maximum atomic E-state index is 2.64. The molecule has 1 saturated heterocycles. The first-order valence-electron chi connectivity index (χ1n) is 6.66. The molecule has 0 aromatic rings. The SMILES string of the molecule is CCN(CC)CCCN1CCSC(C)(C)C1. The molecule has 2 nitrogen and oxygen atoms in total. The van der Waals surface area contributed by atoms with Crippen molar-refractivity contribution in [1.82, 2.24) is 9.80 Å². The number of rotatable bonds is 6. The van der Waals surface area contributed by atoms with Crippen LogP contribution < -0.4 is 0 Å². The van der Waals surface area contributed by atoms with E-state index in [1.165, 1.54) is 51.4 Å². The predicted octanol–water partition coefficient (Wildman–Crippen LogP) is 2.55. The van der Waals surface area contributed by atoms with E-state index in [4.69, 9.17) is 0 Å². The fourth-order valence-electron chi connectivity index (χ4n) is 2.36. The van der Waals surface area contributed by atoms with Crippen molar-refractivity contribution in [3.8, 4) is 0 Å². The first-order chi connectivity index (χ1) is 7.57. The van der Waals surface area contributed by atoms with Crippen LogP contribution in [-0.2, 0) is 0 Å². The third-order valence-corrected chi connectivity index (χ3v) is 4.65. The Morgan fingerprint density at radius 3 is 2.50 bits per heavy atom. The van der Waals surface area contributed by atoms with Crippen molar-refractivity contribution in [2.75, 3.05) is 45.0 Å². The van der Waals surface area contributed by atoms with Crippen LogP contribution in [0.4, 0.5) is 0 Å². The molecule has 0 aliphatic carbocycles. The summed E-state index contributed by atoms with van der Waals surface area (Å²) in [5.74, 6) is 1.30. The molecular weight excluding hydrogens is 216 g/mol. The van der Waals surface area contributed by atoms with Gasteiger partial charge in [0.05, 0.1) is 0 Å². The Balaban J connectivity index is 2.17. The quantitative estimate of drug-likeness (QED) is 0.709. The van der Waals surface area contributed by atoms with Gasteiger partial charge in [0.15, 0.2) is 0 Å². The van der Waals surface area contributed by atoms with Gasteiger partial charge in [0.25, 0.3) is 0 Å². The van der Waals surface area contributed by atoms with E-state index < -0.39 is 0 Å². The Morgan fingerprint density at radius 1 is 1.25 bits per heavy atom. The summed E-state index contributed by atoms with van der Waals surface area (Å²) >= 11 is 2.12. The molecule has 1 heterocycles. The van der Waals surface area contributed by atoms with Gasteiger partial charge >= 0.3 is 0 Å². The van der Waals surface area contributed by atoms with E-state index in [1.54, 1.807) is 0 Å². The van der Waals surface area contributed by atoms with Crippen LogP contribution in [0.25, 0.3) is 0 Å². The topological polar surface area (TPSA) is 6.48 Å². The summed E-state index contributed by atoms with van der Waals surface area (Å²) in [5, 5.41) is 0. The van der Waals surface area contributed by atoms with Gasteiger partial charge < -0.3 is 9.80 Å². The van der Waals surface area contributed by atoms with Gasteiger partial charge in [0, 0.05) is 23.6 Å². The Hall–Kier alpha value is 0.270. The summed E-state index contributed by atoms with van der Waals surface area (Å²) in [7, 11) is 0. The van der Waals surface area contributed by atoms with E-state index in [0.29, 0.717) is 4.75 Å². The van der Waals surface area contributed by atoms with Crippen molar-refractivity contribution >= 4 is 11.8 Å². The smallest absolute Gasteiger partial charge is 0.0231 e. The summed E-state index contributed by atoms with van der Waals surface area (Å²) < 4.78 is 0.466. The fourth-order valence-corrected chi connectivity index (χ4v) is 3.54. The molecule has 3 heteroatoms. The molecule has 1 aliphatic rings. The molecule has 0 atom stereocenters. The van der Waals surface area contributed by atoms with E-state index in [0.717, 1.165) is 0 Å². The first-order valence-corrected chi connectivity index (χ1v) is 7.64. The Kier molecular flexibility index (Phi) is 6.16. The van der Waals surface area contributed by atoms with Gasteiger partial charge in [0.1, 0.15) is 0 Å². The lowest BCUT2D eigenvalue weighted by atomic mass is 10.2. The first kappa shape index (κ1) is 14.3. The minimum atomic E-state index is 0.466. The van der Waals surface area contributed by atoms with Gasteiger partial charge in [-0.1, -0.05) is 13.8 Å². The highest BCUT2D eigenvalue weighted by Crippen LogP contribution is 2.29. The minimum Gasteiger partial charge on any atom is -0.304 e. The molecule has 0 aromatic carbocycles. The standard InChI is InChI=1S/C13H28N2S/c1-5-14(6-2)8-7-9-15-10-11-16-13(3,4)12-15/h5-12H2,1-4H3. The summed E-state index contributed by atoms with van der Waals surface area (Å²) in [6.07, 6.45) is 1.32. The van der Waals surface area contributed by atoms with Crippen LogP contribution >= 0.6 is 11.8 Å². The number of thioether (sulfide) groups is 1. The minimum absolute atomic E-state index is 0.466. The monoisotopic (exact) mass is 244 g/mol. The lowest BCUT2D eigenvalue weighted by Gasteiger charge is -2.37. The molecule has 1 rings (SSSR count). The molecule has 0 unspecified atom stereocenters. The van der Waals surface area contributed by atoms with Crippen molar-refractivity contribution in [3.05, 3.63) is 0 Å². The third-order valence-electron chi connectivity index (χ3n) is 3.35. The molecule has 0 saturated carbocycles. The summed E-state index contributed by atoms with van der Waals surface area (Å²) in [5.41, 5.74) is 0. The molecule has 1 aliphatic heterocycles. The van der Waals surface area contributed by atoms with E-state index in [9.17, 15) is 0 Å². The second kappa shape index (κ2) is 6.87. The summed E-state index contributed by atoms with van der Waals surface area (Å²) in [4.78, 5) is 5.16. The van der Waals surface area contributed by atoms with E-state index in [2.05, 4.69) is 49.3 Å². The van der Waals surface area contributed by atoms with Gasteiger partial charge in [-0.3, -0.25) is 0 Å². The van der Waals surface area contributed by atoms with Gasteiger partial charge in [-0.15, -0.1) is 0 Å². The van der Waals surface area contributed by atoms with Crippen molar-refractivity contribution in [2.24, 2.45) is 0 Å². The fraction of sp³-hybridized carbons (Fsp3) is 1.00. The highest BCUT2D eigenvalue weighted by molar-refractivity contribution is 8.00. The number of nitrogens with zero attached hydrogens (tertiary/aromatic N) is 2. The van der Waals surface area contributed by atoms with Crippen LogP contribution in [0, 0.1) is 0 Å². The highest BCUT2D eigenvalue weighted by Gasteiger charge is 2.26. The summed E-state index contributed by atoms with van der Waals surface area (Å²) in [6.45, 7) is 16.7. The van der Waals surface area contributed by atoms with Crippen molar-refractivity contribution in [1.29, 1.82) is 0 Å². The van der Waals surface area contributed by atoms with Crippen LogP contribution in [0.15, 0.2) is 0 Å². The Labute approximate surface area is 106 Å². The molecule has 0 bridgehead atoms. The Bertz CT molecular complexity index is 190. The predicted molar refractivity (Wildman–Crippen MR) is 75.4 cm³/mol. The summed E-state index contributed by atoms with van der Waals surface area (Å²) in [6, 6.07) is 0. The molecule has 16 heavy (non-hydrogen) atoms. The maximum Gasteiger partial charge on any atom is 0.0231 e. The molecule has 0 spiro atoms. The third kappa shape index (κ3) is 5.07. The zero-order valence-corrected chi connectivity index (χ0v) is 12.3. The molecular formula is C13H28N2S. The largest absolute Gasteiger partial charge is 0.304 e. The van der Waals surface area contributed by atoms with Crippen LogP contribution in [0.2, 0.25) is 0 Å². The van der Waals surface area contributed by atoms with E-state index in [-0.39, 0.29) is 0 Å². The van der Waals surface area contributed by atoms with Gasteiger partial charge in [-0.05, 0) is 46.4 Å². The van der Waals surface area contributed by atoms with E-state index in [1.807, 2.05) is 0 Å². The number of hydrogen-bond donors (Lipinski definition) is 0. The second-order valence-corrected chi connectivity index (χ2v) is 7.07. The lowest BCUT2D eigenvalue weighted by Crippen LogP contribution is -2.44. The normalized spacial score (nSPS) is 21.6. The number of hydrogen-bond acceptors (Lipinski definition) is 3. The highest BCUT2D eigenvalue weighted by atomic mass is 32.2. The lowest BCUT2D eigenvalue weighted by molar-refractivity contribution is 0.229.